The predicted octanol–water partition coefficient (Wildman–Crippen LogP) is 2.72. The zero-order valence-corrected chi connectivity index (χ0v) is 13.4. The summed E-state index contributed by atoms with van der Waals surface area (Å²) < 4.78 is 0. The van der Waals surface area contributed by atoms with E-state index in [0.29, 0.717) is 12.1 Å². The Balaban J connectivity index is 1.96. The summed E-state index contributed by atoms with van der Waals surface area (Å²) in [5.74, 6) is 0. The monoisotopic (exact) mass is 275 g/mol. The summed E-state index contributed by atoms with van der Waals surface area (Å²) in [4.78, 5) is 4.98. The zero-order chi connectivity index (χ0) is 14.5. The van der Waals surface area contributed by atoms with Gasteiger partial charge in [-0.1, -0.05) is 19.1 Å². The molecule has 2 atom stereocenters. The van der Waals surface area contributed by atoms with Crippen LogP contribution in [0.4, 0.5) is 5.69 Å². The molecule has 1 aliphatic rings. The average Bonchev–Trinajstić information content (AvgIpc) is 2.45. The minimum absolute atomic E-state index is 0.615. The summed E-state index contributed by atoms with van der Waals surface area (Å²) in [5.41, 5.74) is 2.73. The SMILES string of the molecule is CCCNCc1ccc(N2CC(C)N(C)C(C)C2)cc1. The third-order valence-corrected chi connectivity index (χ3v) is 4.42. The molecule has 0 aromatic heterocycles. The summed E-state index contributed by atoms with van der Waals surface area (Å²) >= 11 is 0. The molecular formula is C17H29N3. The lowest BCUT2D eigenvalue weighted by molar-refractivity contribution is 0.170. The molecule has 1 heterocycles. The van der Waals surface area contributed by atoms with E-state index >= 15 is 0 Å². The normalized spacial score (nSPS) is 24.1. The smallest absolute Gasteiger partial charge is 0.0367 e. The molecule has 1 aromatic rings. The van der Waals surface area contributed by atoms with Gasteiger partial charge >= 0.3 is 0 Å². The minimum atomic E-state index is 0.615. The predicted molar refractivity (Wildman–Crippen MR) is 87.3 cm³/mol. The summed E-state index contributed by atoms with van der Waals surface area (Å²) in [7, 11) is 2.23. The molecule has 0 amide bonds. The van der Waals surface area contributed by atoms with E-state index in [1.807, 2.05) is 0 Å². The molecule has 1 aliphatic heterocycles. The van der Waals surface area contributed by atoms with Gasteiger partial charge in [0.1, 0.15) is 0 Å². The Hall–Kier alpha value is -1.06. The van der Waals surface area contributed by atoms with Crippen LogP contribution in [0.2, 0.25) is 0 Å². The quantitative estimate of drug-likeness (QED) is 0.834. The van der Waals surface area contributed by atoms with E-state index in [2.05, 4.69) is 67.2 Å². The van der Waals surface area contributed by atoms with Crippen LogP contribution in [0.5, 0.6) is 0 Å². The molecule has 20 heavy (non-hydrogen) atoms. The lowest BCUT2D eigenvalue weighted by Gasteiger charge is -2.43. The van der Waals surface area contributed by atoms with Crippen LogP contribution in [-0.2, 0) is 6.54 Å². The number of hydrogen-bond acceptors (Lipinski definition) is 3. The molecule has 3 nitrogen and oxygen atoms in total. The molecule has 112 valence electrons. The van der Waals surface area contributed by atoms with Gasteiger partial charge in [-0.3, -0.25) is 4.90 Å². The Labute approximate surface area is 124 Å². The Kier molecular flexibility index (Phi) is 5.44. The van der Waals surface area contributed by atoms with Crippen molar-refractivity contribution in [3.05, 3.63) is 29.8 Å². The molecule has 0 bridgehead atoms. The topological polar surface area (TPSA) is 18.5 Å². The number of benzene rings is 1. The highest BCUT2D eigenvalue weighted by atomic mass is 15.3. The molecule has 0 radical (unpaired) electrons. The number of anilines is 1. The second-order valence-corrected chi connectivity index (χ2v) is 6.11. The number of nitrogens with one attached hydrogen (secondary N) is 1. The number of hydrogen-bond donors (Lipinski definition) is 1. The fourth-order valence-corrected chi connectivity index (χ4v) is 2.85. The molecule has 1 aromatic carbocycles. The first-order valence-corrected chi connectivity index (χ1v) is 7.88. The Morgan fingerprint density at radius 1 is 1.10 bits per heavy atom. The van der Waals surface area contributed by atoms with Crippen molar-refractivity contribution in [2.24, 2.45) is 0 Å². The first kappa shape index (κ1) is 15.3. The summed E-state index contributed by atoms with van der Waals surface area (Å²) in [6.07, 6.45) is 1.19. The second-order valence-electron chi connectivity index (χ2n) is 6.11. The van der Waals surface area contributed by atoms with Crippen molar-refractivity contribution in [1.29, 1.82) is 0 Å². The van der Waals surface area contributed by atoms with E-state index in [9.17, 15) is 0 Å². The maximum absolute atomic E-state index is 3.45. The number of rotatable bonds is 5. The Morgan fingerprint density at radius 3 is 2.25 bits per heavy atom. The van der Waals surface area contributed by atoms with Gasteiger partial charge in [-0.05, 0) is 51.6 Å². The molecule has 2 rings (SSSR count). The van der Waals surface area contributed by atoms with Crippen LogP contribution in [0.25, 0.3) is 0 Å². The lowest BCUT2D eigenvalue weighted by Crippen LogP contribution is -2.55. The zero-order valence-electron chi connectivity index (χ0n) is 13.4. The van der Waals surface area contributed by atoms with Gasteiger partial charge in [0.25, 0.3) is 0 Å². The van der Waals surface area contributed by atoms with E-state index < -0.39 is 0 Å². The fraction of sp³-hybridized carbons (Fsp3) is 0.647. The van der Waals surface area contributed by atoms with Crippen molar-refractivity contribution in [3.63, 3.8) is 0 Å². The van der Waals surface area contributed by atoms with E-state index in [1.165, 1.54) is 17.7 Å². The second kappa shape index (κ2) is 7.09. The number of likely N-dealkylation sites (N-methyl/N-ethyl adjacent to an activating group) is 1. The van der Waals surface area contributed by atoms with E-state index in [-0.39, 0.29) is 0 Å². The highest BCUT2D eigenvalue weighted by Crippen LogP contribution is 2.21. The van der Waals surface area contributed by atoms with Gasteiger partial charge in [0.05, 0.1) is 0 Å². The molecule has 3 heteroatoms. The van der Waals surface area contributed by atoms with Gasteiger partial charge in [0.15, 0.2) is 0 Å². The van der Waals surface area contributed by atoms with Gasteiger partial charge < -0.3 is 10.2 Å². The van der Waals surface area contributed by atoms with Crippen LogP contribution in [0.1, 0.15) is 32.8 Å². The summed E-state index contributed by atoms with van der Waals surface area (Å²) in [5, 5.41) is 3.45. The van der Waals surface area contributed by atoms with Crippen molar-refractivity contribution in [2.45, 2.75) is 45.8 Å². The van der Waals surface area contributed by atoms with Crippen molar-refractivity contribution in [3.8, 4) is 0 Å². The maximum Gasteiger partial charge on any atom is 0.0367 e. The molecule has 1 saturated heterocycles. The van der Waals surface area contributed by atoms with Crippen LogP contribution < -0.4 is 10.2 Å². The first-order chi connectivity index (χ1) is 9.61. The van der Waals surface area contributed by atoms with Crippen LogP contribution >= 0.6 is 0 Å². The number of nitrogens with zero attached hydrogens (tertiary/aromatic N) is 2. The van der Waals surface area contributed by atoms with E-state index in [1.54, 1.807) is 0 Å². The molecule has 0 saturated carbocycles. The van der Waals surface area contributed by atoms with Crippen LogP contribution in [0, 0.1) is 0 Å². The summed E-state index contributed by atoms with van der Waals surface area (Å²) in [6.45, 7) is 11.1. The molecule has 0 spiro atoms. The minimum Gasteiger partial charge on any atom is -0.368 e. The molecule has 1 fully saturated rings. The third kappa shape index (κ3) is 3.74. The van der Waals surface area contributed by atoms with Crippen LogP contribution in [0.3, 0.4) is 0 Å². The van der Waals surface area contributed by atoms with Crippen molar-refractivity contribution in [1.82, 2.24) is 10.2 Å². The van der Waals surface area contributed by atoms with Crippen LogP contribution in [-0.4, -0.2) is 43.7 Å². The van der Waals surface area contributed by atoms with Gasteiger partial charge in [0.2, 0.25) is 0 Å². The first-order valence-electron chi connectivity index (χ1n) is 7.88. The van der Waals surface area contributed by atoms with Gasteiger partial charge in [0, 0.05) is 37.4 Å². The van der Waals surface area contributed by atoms with Gasteiger partial charge in [-0.25, -0.2) is 0 Å². The Bertz CT molecular complexity index is 389. The molecule has 2 unspecified atom stereocenters. The van der Waals surface area contributed by atoms with E-state index in [4.69, 9.17) is 0 Å². The third-order valence-electron chi connectivity index (χ3n) is 4.42. The number of piperazine rings is 1. The maximum atomic E-state index is 3.45. The van der Waals surface area contributed by atoms with Crippen molar-refractivity contribution < 1.29 is 0 Å². The highest BCUT2D eigenvalue weighted by Gasteiger charge is 2.26. The Morgan fingerprint density at radius 2 is 1.70 bits per heavy atom. The largest absolute Gasteiger partial charge is 0.368 e. The van der Waals surface area contributed by atoms with E-state index in [0.717, 1.165) is 26.2 Å². The van der Waals surface area contributed by atoms with Crippen molar-refractivity contribution >= 4 is 5.69 Å². The average molecular weight is 275 g/mol. The standard InChI is InChI=1S/C17H29N3/c1-5-10-18-11-16-6-8-17(9-7-16)20-12-14(2)19(4)15(3)13-20/h6-9,14-15,18H,5,10-13H2,1-4H3. The van der Waals surface area contributed by atoms with Crippen LogP contribution in [0.15, 0.2) is 24.3 Å². The summed E-state index contributed by atoms with van der Waals surface area (Å²) in [6, 6.07) is 10.3. The molecule has 1 N–H and O–H groups in total. The molecular weight excluding hydrogens is 246 g/mol. The van der Waals surface area contributed by atoms with Gasteiger partial charge in [-0.15, -0.1) is 0 Å². The highest BCUT2D eigenvalue weighted by molar-refractivity contribution is 5.48. The fourth-order valence-electron chi connectivity index (χ4n) is 2.85. The molecule has 0 aliphatic carbocycles. The lowest BCUT2D eigenvalue weighted by atomic mass is 10.1. The van der Waals surface area contributed by atoms with Gasteiger partial charge in [-0.2, -0.15) is 0 Å². The van der Waals surface area contributed by atoms with Crippen molar-refractivity contribution in [2.75, 3.05) is 31.6 Å².